The molecule has 1 aliphatic heterocycles. The molecule has 1 N–H and O–H groups in total. The van der Waals surface area contributed by atoms with Crippen LogP contribution in [-0.4, -0.2) is 42.8 Å². The molecular weight excluding hydrogens is 481 g/mol. The first-order valence-electron chi connectivity index (χ1n) is 12.2. The number of amidine groups is 1. The predicted octanol–water partition coefficient (Wildman–Crippen LogP) is 6.86. The fraction of sp³-hybridized carbons (Fsp3) is 0.267. The number of likely N-dealkylation sites (N-methyl/N-ethyl adjacent to an activating group) is 1. The Kier molecular flexibility index (Phi) is 9.76. The Morgan fingerprint density at radius 2 is 2.05 bits per heavy atom. The van der Waals surface area contributed by atoms with Crippen LogP contribution in [0.25, 0.3) is 11.4 Å². The molecule has 192 valence electrons. The summed E-state index contributed by atoms with van der Waals surface area (Å²) in [5, 5.41) is 12.6. The van der Waals surface area contributed by atoms with Gasteiger partial charge in [0.15, 0.2) is 0 Å². The molecule has 0 spiro atoms. The third-order valence-corrected chi connectivity index (χ3v) is 6.97. The van der Waals surface area contributed by atoms with E-state index in [-0.39, 0.29) is 18.1 Å². The van der Waals surface area contributed by atoms with Crippen molar-refractivity contribution in [3.05, 3.63) is 107 Å². The number of aryl methyl sites for hydroxylation is 1. The van der Waals surface area contributed by atoms with Gasteiger partial charge in [0.2, 0.25) is 0 Å². The Balaban J connectivity index is 1.75. The van der Waals surface area contributed by atoms with E-state index >= 15 is 0 Å². The smallest absolute Gasteiger partial charge is 0.130 e. The molecule has 5 nitrogen and oxygen atoms in total. The van der Waals surface area contributed by atoms with Gasteiger partial charge in [0.25, 0.3) is 0 Å². The molecule has 1 unspecified atom stereocenters. The average Bonchev–Trinajstić information content (AvgIpc) is 2.92. The zero-order valence-electron chi connectivity index (χ0n) is 22.0. The summed E-state index contributed by atoms with van der Waals surface area (Å²) in [7, 11) is 3.88. The van der Waals surface area contributed by atoms with Crippen molar-refractivity contribution in [1.82, 2.24) is 15.1 Å². The summed E-state index contributed by atoms with van der Waals surface area (Å²) in [4.78, 5) is 9.22. The van der Waals surface area contributed by atoms with Crippen molar-refractivity contribution in [3.63, 3.8) is 0 Å². The first-order chi connectivity index (χ1) is 17.8. The molecule has 1 aliphatic rings. The van der Waals surface area contributed by atoms with Gasteiger partial charge in [-0.25, -0.2) is 0 Å². The van der Waals surface area contributed by atoms with Gasteiger partial charge in [-0.1, -0.05) is 55.6 Å². The molecule has 7 heteroatoms. The highest BCUT2D eigenvalue weighted by molar-refractivity contribution is 7.98. The third-order valence-electron chi connectivity index (χ3n) is 6.44. The fourth-order valence-corrected chi connectivity index (χ4v) is 4.39. The molecule has 1 atom stereocenters. The molecule has 0 amide bonds. The van der Waals surface area contributed by atoms with Gasteiger partial charge in [-0.2, -0.15) is 9.15 Å². The molecular formula is C30H34FN5S. The molecule has 2 aromatic rings. The number of nitrogens with zero attached hydrogens (tertiary/aromatic N) is 4. The number of allylic oxidation sites excluding steroid dienone is 1. The van der Waals surface area contributed by atoms with Crippen molar-refractivity contribution in [3.8, 4) is 6.07 Å². The second-order valence-electron chi connectivity index (χ2n) is 8.99. The van der Waals surface area contributed by atoms with Gasteiger partial charge in [-0.15, -0.1) is 0 Å². The van der Waals surface area contributed by atoms with Crippen molar-refractivity contribution >= 4 is 29.4 Å². The molecule has 3 rings (SSSR count). The lowest BCUT2D eigenvalue weighted by Crippen LogP contribution is -2.38. The van der Waals surface area contributed by atoms with Crippen molar-refractivity contribution in [2.45, 2.75) is 26.2 Å². The minimum Gasteiger partial charge on any atom is -0.375 e. The van der Waals surface area contributed by atoms with Gasteiger partial charge in [0.1, 0.15) is 11.7 Å². The molecule has 0 aliphatic carbocycles. The van der Waals surface area contributed by atoms with Crippen LogP contribution in [0.5, 0.6) is 0 Å². The predicted molar refractivity (Wildman–Crippen MR) is 155 cm³/mol. The zero-order chi connectivity index (χ0) is 26.9. The van der Waals surface area contributed by atoms with Crippen LogP contribution < -0.4 is 5.32 Å². The Morgan fingerprint density at radius 1 is 1.30 bits per heavy atom. The van der Waals surface area contributed by atoms with Crippen LogP contribution in [0.2, 0.25) is 0 Å². The van der Waals surface area contributed by atoms with Crippen LogP contribution in [0.1, 0.15) is 41.5 Å². The van der Waals surface area contributed by atoms with Crippen molar-refractivity contribution in [2.24, 2.45) is 4.99 Å². The number of aliphatic imine (C=N–C) groups is 1. The number of nitrogens with one attached hydrogen (secondary N) is 1. The van der Waals surface area contributed by atoms with E-state index < -0.39 is 0 Å². The van der Waals surface area contributed by atoms with E-state index in [9.17, 15) is 9.15 Å². The van der Waals surface area contributed by atoms with Crippen LogP contribution in [0.3, 0.4) is 0 Å². The van der Waals surface area contributed by atoms with Crippen molar-refractivity contribution in [1.29, 1.82) is 5.26 Å². The average molecular weight is 516 g/mol. The van der Waals surface area contributed by atoms with Gasteiger partial charge in [0.05, 0.1) is 34.7 Å². The van der Waals surface area contributed by atoms with Crippen LogP contribution >= 0.6 is 12.1 Å². The van der Waals surface area contributed by atoms with E-state index in [0.29, 0.717) is 17.3 Å². The summed E-state index contributed by atoms with van der Waals surface area (Å²) >= 11 is 0.162. The minimum atomic E-state index is -0.162. The number of nitriles is 1. The molecule has 0 bridgehead atoms. The number of rotatable bonds is 10. The third kappa shape index (κ3) is 6.72. The summed E-state index contributed by atoms with van der Waals surface area (Å²) in [6.07, 6.45) is 4.32. The molecule has 1 heterocycles. The maximum atomic E-state index is 13.7. The fourth-order valence-electron chi connectivity index (χ4n) is 4.07. The monoisotopic (exact) mass is 515 g/mol. The van der Waals surface area contributed by atoms with Crippen molar-refractivity contribution in [2.75, 3.05) is 27.2 Å². The summed E-state index contributed by atoms with van der Waals surface area (Å²) in [5.74, 6) is 1.20. The summed E-state index contributed by atoms with van der Waals surface area (Å²) in [6, 6.07) is 18.3. The first-order valence-corrected chi connectivity index (χ1v) is 12.9. The zero-order valence-corrected chi connectivity index (χ0v) is 22.8. The minimum absolute atomic E-state index is 0.162. The quantitative estimate of drug-likeness (QED) is 0.350. The molecule has 0 saturated heterocycles. The molecule has 0 saturated carbocycles. The Bertz CT molecular complexity index is 1290. The number of hydrogen-bond donors (Lipinski definition) is 1. The lowest BCUT2D eigenvalue weighted by molar-refractivity contribution is 0.469. The highest BCUT2D eigenvalue weighted by Crippen LogP contribution is 2.29. The molecule has 2 aromatic carbocycles. The van der Waals surface area contributed by atoms with E-state index in [2.05, 4.69) is 29.4 Å². The molecule has 37 heavy (non-hydrogen) atoms. The molecule has 0 fully saturated rings. The topological polar surface area (TPSA) is 54.7 Å². The maximum Gasteiger partial charge on any atom is 0.130 e. The van der Waals surface area contributed by atoms with Crippen LogP contribution in [-0.2, 0) is 0 Å². The number of halogens is 1. The lowest BCUT2D eigenvalue weighted by Gasteiger charge is -2.31. The number of hydrogen-bond acceptors (Lipinski definition) is 5. The maximum absolute atomic E-state index is 13.7. The first kappa shape index (κ1) is 27.8. The summed E-state index contributed by atoms with van der Waals surface area (Å²) in [6.45, 7) is 13.3. The molecule has 0 radical (unpaired) electrons. The van der Waals surface area contributed by atoms with Gasteiger partial charge < -0.3 is 15.1 Å². The lowest BCUT2D eigenvalue weighted by atomic mass is 9.99. The Morgan fingerprint density at radius 3 is 2.73 bits per heavy atom. The number of benzene rings is 2. The highest BCUT2D eigenvalue weighted by atomic mass is 32.2. The van der Waals surface area contributed by atoms with E-state index in [0.717, 1.165) is 52.4 Å². The second-order valence-corrected chi connectivity index (χ2v) is 9.58. The van der Waals surface area contributed by atoms with E-state index in [1.54, 1.807) is 0 Å². The van der Waals surface area contributed by atoms with Crippen molar-refractivity contribution < 1.29 is 3.89 Å². The van der Waals surface area contributed by atoms with E-state index in [1.165, 1.54) is 6.08 Å². The normalized spacial score (nSPS) is 16.4. The second kappa shape index (κ2) is 13.0. The molecule has 0 aromatic heterocycles. The van der Waals surface area contributed by atoms with Gasteiger partial charge in [-0.05, 0) is 49.1 Å². The standard InChI is InChI=1S/C30H34FN5S/c1-7-28(37-31)30-34-27(26-15-9-8-12-21(26)2)19-29(36(30)6)33-16-11-17-35(5)23(4)25-14-10-13-24(18-25)22(3)20-32/h7-10,12-15,18-19,22,34H,1,4,11,16-17H2,2-3,5-6H3/b30-28+,33-29?. The SMILES string of the molecule is C=C/C(SF)=C1/NC(c2ccccc2C)=CC(=NCCCN(C)C(=C)c2cccc(C(C)C#N)c2)N1C. The van der Waals surface area contributed by atoms with Crippen LogP contribution in [0.4, 0.5) is 3.89 Å². The van der Waals surface area contributed by atoms with E-state index in [1.807, 2.05) is 87.4 Å². The van der Waals surface area contributed by atoms with Gasteiger partial charge >= 0.3 is 0 Å². The van der Waals surface area contributed by atoms with Gasteiger partial charge in [-0.3, -0.25) is 4.99 Å². The van der Waals surface area contributed by atoms with Gasteiger partial charge in [0, 0.05) is 44.5 Å². The summed E-state index contributed by atoms with van der Waals surface area (Å²) in [5.41, 5.74) is 5.92. The van der Waals surface area contributed by atoms with Crippen LogP contribution in [0.15, 0.2) is 89.6 Å². The Hall–Kier alpha value is -3.76. The summed E-state index contributed by atoms with van der Waals surface area (Å²) < 4.78 is 13.7. The highest BCUT2D eigenvalue weighted by Gasteiger charge is 2.23. The largest absolute Gasteiger partial charge is 0.375 e. The van der Waals surface area contributed by atoms with E-state index in [4.69, 9.17) is 4.99 Å². The Labute approximate surface area is 224 Å². The van der Waals surface area contributed by atoms with Crippen LogP contribution in [0, 0.1) is 18.3 Å².